The summed E-state index contributed by atoms with van der Waals surface area (Å²) in [6.07, 6.45) is 0. The number of hydrogen-bond acceptors (Lipinski definition) is 2. The van der Waals surface area contributed by atoms with Gasteiger partial charge in [-0.3, -0.25) is 4.79 Å². The van der Waals surface area contributed by atoms with Crippen molar-refractivity contribution >= 4 is 30.7 Å². The predicted octanol–water partition coefficient (Wildman–Crippen LogP) is 1.09. The van der Waals surface area contributed by atoms with Crippen molar-refractivity contribution in [1.82, 2.24) is 0 Å². The number of carbonyl (C=O) groups excluding carboxylic acids is 1. The first-order valence-corrected chi connectivity index (χ1v) is 3.33. The van der Waals surface area contributed by atoms with Gasteiger partial charge in [-0.2, -0.15) is 0 Å². The molecule has 0 spiro atoms. The van der Waals surface area contributed by atoms with E-state index in [-0.39, 0.29) is 24.8 Å². The number of amides is 1. The first kappa shape index (κ1) is 14.7. The normalized spacial score (nSPS) is 8.08. The molecule has 0 radical (unpaired) electrons. The van der Waals surface area contributed by atoms with Crippen LogP contribution in [0.3, 0.4) is 0 Å². The molecule has 0 aliphatic carbocycles. The third kappa shape index (κ3) is 4.12. The molecular formula is C8H12Cl2N2O. The summed E-state index contributed by atoms with van der Waals surface area (Å²) in [4.78, 5) is 10.6. The monoisotopic (exact) mass is 222 g/mol. The molecule has 0 aliphatic rings. The lowest BCUT2D eigenvalue weighted by Gasteiger charge is -1.96. The topological polar surface area (TPSA) is 69.1 Å². The SMILES string of the molecule is Cl.Cl.NCc1ccc(C(N)=O)cc1. The van der Waals surface area contributed by atoms with E-state index in [9.17, 15) is 4.79 Å². The van der Waals surface area contributed by atoms with Gasteiger partial charge in [-0.25, -0.2) is 0 Å². The molecule has 0 saturated carbocycles. The summed E-state index contributed by atoms with van der Waals surface area (Å²) in [6, 6.07) is 6.93. The Morgan fingerprint density at radius 2 is 1.62 bits per heavy atom. The standard InChI is InChI=1S/C8H10N2O.2ClH/c9-5-6-1-3-7(4-2-6)8(10)11;;/h1-4H,5,9H2,(H2,10,11);2*1H. The third-order valence-corrected chi connectivity index (χ3v) is 1.47. The third-order valence-electron chi connectivity index (χ3n) is 1.47. The highest BCUT2D eigenvalue weighted by Gasteiger charge is 1.97. The fourth-order valence-electron chi connectivity index (χ4n) is 0.805. The molecule has 1 amide bonds. The van der Waals surface area contributed by atoms with Crippen LogP contribution >= 0.6 is 24.8 Å². The predicted molar refractivity (Wildman–Crippen MR) is 57.3 cm³/mol. The molecule has 0 unspecified atom stereocenters. The van der Waals surface area contributed by atoms with Crippen LogP contribution in [0.2, 0.25) is 0 Å². The van der Waals surface area contributed by atoms with E-state index in [1.807, 2.05) is 0 Å². The zero-order valence-corrected chi connectivity index (χ0v) is 8.53. The highest BCUT2D eigenvalue weighted by molar-refractivity contribution is 5.92. The molecule has 0 saturated heterocycles. The maximum atomic E-state index is 10.6. The minimum absolute atomic E-state index is 0. The van der Waals surface area contributed by atoms with E-state index in [1.54, 1.807) is 24.3 Å². The van der Waals surface area contributed by atoms with Gasteiger partial charge in [-0.15, -0.1) is 24.8 Å². The zero-order chi connectivity index (χ0) is 8.27. The van der Waals surface area contributed by atoms with Crippen LogP contribution in [0.1, 0.15) is 15.9 Å². The molecule has 0 bridgehead atoms. The first-order valence-electron chi connectivity index (χ1n) is 3.33. The lowest BCUT2D eigenvalue weighted by atomic mass is 10.1. The first-order chi connectivity index (χ1) is 5.24. The molecule has 0 aromatic heterocycles. The molecule has 1 aromatic carbocycles. The lowest BCUT2D eigenvalue weighted by Crippen LogP contribution is -2.10. The van der Waals surface area contributed by atoms with Crippen molar-refractivity contribution in [1.29, 1.82) is 0 Å². The molecule has 74 valence electrons. The second-order valence-electron chi connectivity index (χ2n) is 2.27. The van der Waals surface area contributed by atoms with E-state index < -0.39 is 5.91 Å². The van der Waals surface area contributed by atoms with Gasteiger partial charge in [0.15, 0.2) is 0 Å². The number of primary amides is 1. The zero-order valence-electron chi connectivity index (χ0n) is 6.90. The fourth-order valence-corrected chi connectivity index (χ4v) is 0.805. The lowest BCUT2D eigenvalue weighted by molar-refractivity contribution is 0.100. The van der Waals surface area contributed by atoms with E-state index in [0.29, 0.717) is 12.1 Å². The van der Waals surface area contributed by atoms with Crippen molar-refractivity contribution < 1.29 is 4.79 Å². The van der Waals surface area contributed by atoms with Gasteiger partial charge in [-0.1, -0.05) is 12.1 Å². The van der Waals surface area contributed by atoms with Gasteiger partial charge in [0.2, 0.25) is 5.91 Å². The molecule has 1 rings (SSSR count). The second kappa shape index (κ2) is 6.71. The van der Waals surface area contributed by atoms with E-state index in [4.69, 9.17) is 11.5 Å². The Morgan fingerprint density at radius 1 is 1.15 bits per heavy atom. The van der Waals surface area contributed by atoms with Crippen molar-refractivity contribution in [2.45, 2.75) is 6.54 Å². The van der Waals surface area contributed by atoms with Crippen molar-refractivity contribution in [2.24, 2.45) is 11.5 Å². The van der Waals surface area contributed by atoms with Gasteiger partial charge in [0, 0.05) is 12.1 Å². The van der Waals surface area contributed by atoms with Crippen molar-refractivity contribution in [2.75, 3.05) is 0 Å². The Kier molecular flexibility index (Phi) is 7.61. The maximum absolute atomic E-state index is 10.6. The van der Waals surface area contributed by atoms with Crippen LogP contribution in [-0.4, -0.2) is 5.91 Å². The smallest absolute Gasteiger partial charge is 0.248 e. The summed E-state index contributed by atoms with van der Waals surface area (Å²) in [7, 11) is 0. The van der Waals surface area contributed by atoms with Crippen LogP contribution in [0.15, 0.2) is 24.3 Å². The van der Waals surface area contributed by atoms with Gasteiger partial charge in [-0.05, 0) is 17.7 Å². The molecule has 0 fully saturated rings. The van der Waals surface area contributed by atoms with Crippen LogP contribution in [0, 0.1) is 0 Å². The Labute approximate surface area is 89.3 Å². The van der Waals surface area contributed by atoms with Gasteiger partial charge < -0.3 is 11.5 Å². The average Bonchev–Trinajstić information content (AvgIpc) is 2.05. The molecule has 0 aliphatic heterocycles. The molecule has 0 heterocycles. The Balaban J connectivity index is 0. The van der Waals surface area contributed by atoms with Gasteiger partial charge in [0.25, 0.3) is 0 Å². The minimum atomic E-state index is -0.409. The molecule has 5 heteroatoms. The van der Waals surface area contributed by atoms with Crippen LogP contribution in [0.4, 0.5) is 0 Å². The van der Waals surface area contributed by atoms with E-state index >= 15 is 0 Å². The van der Waals surface area contributed by atoms with Crippen LogP contribution in [-0.2, 0) is 6.54 Å². The summed E-state index contributed by atoms with van der Waals surface area (Å²) < 4.78 is 0. The maximum Gasteiger partial charge on any atom is 0.248 e. The van der Waals surface area contributed by atoms with Crippen molar-refractivity contribution in [3.8, 4) is 0 Å². The summed E-state index contributed by atoms with van der Waals surface area (Å²) in [5.74, 6) is -0.409. The summed E-state index contributed by atoms with van der Waals surface area (Å²) in [5.41, 5.74) is 11.9. The molecule has 3 nitrogen and oxygen atoms in total. The molecule has 4 N–H and O–H groups in total. The Morgan fingerprint density at radius 3 is 1.92 bits per heavy atom. The summed E-state index contributed by atoms with van der Waals surface area (Å²) >= 11 is 0. The minimum Gasteiger partial charge on any atom is -0.366 e. The fraction of sp³-hybridized carbons (Fsp3) is 0.125. The Hall–Kier alpha value is -0.770. The number of carbonyl (C=O) groups is 1. The van der Waals surface area contributed by atoms with Crippen LogP contribution < -0.4 is 11.5 Å². The van der Waals surface area contributed by atoms with Crippen LogP contribution in [0.5, 0.6) is 0 Å². The number of nitrogens with two attached hydrogens (primary N) is 2. The largest absolute Gasteiger partial charge is 0.366 e. The van der Waals surface area contributed by atoms with Crippen molar-refractivity contribution in [3.63, 3.8) is 0 Å². The molecule has 0 atom stereocenters. The van der Waals surface area contributed by atoms with E-state index in [2.05, 4.69) is 0 Å². The van der Waals surface area contributed by atoms with E-state index in [0.717, 1.165) is 5.56 Å². The summed E-state index contributed by atoms with van der Waals surface area (Å²) in [6.45, 7) is 0.485. The van der Waals surface area contributed by atoms with Crippen LogP contribution in [0.25, 0.3) is 0 Å². The molecular weight excluding hydrogens is 211 g/mol. The average molecular weight is 223 g/mol. The molecule has 1 aromatic rings. The molecule has 13 heavy (non-hydrogen) atoms. The number of halogens is 2. The quantitative estimate of drug-likeness (QED) is 0.787. The van der Waals surface area contributed by atoms with Gasteiger partial charge in [0.05, 0.1) is 0 Å². The number of hydrogen-bond donors (Lipinski definition) is 2. The highest BCUT2D eigenvalue weighted by Crippen LogP contribution is 2.01. The van der Waals surface area contributed by atoms with E-state index in [1.165, 1.54) is 0 Å². The Bertz CT molecular complexity index is 261. The summed E-state index contributed by atoms with van der Waals surface area (Å²) in [5, 5.41) is 0. The highest BCUT2D eigenvalue weighted by atomic mass is 35.5. The number of benzene rings is 1. The number of rotatable bonds is 2. The second-order valence-corrected chi connectivity index (χ2v) is 2.27. The van der Waals surface area contributed by atoms with Gasteiger partial charge in [0.1, 0.15) is 0 Å². The van der Waals surface area contributed by atoms with Crippen molar-refractivity contribution in [3.05, 3.63) is 35.4 Å². The van der Waals surface area contributed by atoms with Gasteiger partial charge >= 0.3 is 0 Å².